The number of nitrogens with one attached hydrogen (secondary N) is 1. The van der Waals surface area contributed by atoms with E-state index in [9.17, 15) is 9.90 Å². The maximum atomic E-state index is 12.6. The number of hydrogen-bond donors (Lipinski definition) is 2. The number of likely N-dealkylation sites (tertiary alicyclic amines) is 1. The highest BCUT2D eigenvalue weighted by atomic mass is 16.6. The molecule has 6 heteroatoms. The van der Waals surface area contributed by atoms with Crippen LogP contribution in [0.5, 0.6) is 0 Å². The highest BCUT2D eigenvalue weighted by Crippen LogP contribution is 2.28. The van der Waals surface area contributed by atoms with E-state index < -0.39 is 12.2 Å². The fourth-order valence-corrected chi connectivity index (χ4v) is 4.68. The number of nitrogens with zero attached hydrogens (tertiary/aromatic N) is 2. The zero-order chi connectivity index (χ0) is 25.3. The summed E-state index contributed by atoms with van der Waals surface area (Å²) in [5, 5.41) is 13.6. The number of amides is 1. The van der Waals surface area contributed by atoms with Crippen LogP contribution in [0, 0.1) is 0 Å². The summed E-state index contributed by atoms with van der Waals surface area (Å²) in [7, 11) is 2.06. The maximum absolute atomic E-state index is 12.6. The number of piperidine rings is 1. The molecule has 190 valence electrons. The third kappa shape index (κ3) is 6.94. The lowest BCUT2D eigenvalue weighted by Crippen LogP contribution is -2.44. The van der Waals surface area contributed by atoms with Gasteiger partial charge in [-0.2, -0.15) is 0 Å². The minimum absolute atomic E-state index is 0.0238. The van der Waals surface area contributed by atoms with E-state index in [-0.39, 0.29) is 12.1 Å². The number of benzene rings is 3. The monoisotopic (exact) mass is 487 g/mol. The number of aliphatic hydroxyl groups excluding tert-OH is 1. The van der Waals surface area contributed by atoms with Gasteiger partial charge in [-0.05, 0) is 44.0 Å². The van der Waals surface area contributed by atoms with Crippen LogP contribution in [0.3, 0.4) is 0 Å². The van der Waals surface area contributed by atoms with Gasteiger partial charge in [-0.1, -0.05) is 78.9 Å². The maximum Gasteiger partial charge on any atom is 0.411 e. The molecule has 0 aromatic heterocycles. The Hall–Kier alpha value is -3.19. The molecule has 0 saturated carbocycles. The van der Waals surface area contributed by atoms with Gasteiger partial charge in [-0.15, -0.1) is 0 Å². The number of para-hydroxylation sites is 1. The molecule has 36 heavy (non-hydrogen) atoms. The second kappa shape index (κ2) is 12.7. The van der Waals surface area contributed by atoms with Crippen molar-refractivity contribution in [3.63, 3.8) is 0 Å². The molecular weight excluding hydrogens is 450 g/mol. The summed E-state index contributed by atoms with van der Waals surface area (Å²) in [5.41, 5.74) is 3.72. The Morgan fingerprint density at radius 1 is 1.00 bits per heavy atom. The van der Waals surface area contributed by atoms with Gasteiger partial charge >= 0.3 is 6.09 Å². The molecule has 3 aromatic carbocycles. The van der Waals surface area contributed by atoms with Crippen molar-refractivity contribution in [1.82, 2.24) is 9.80 Å². The van der Waals surface area contributed by atoms with Gasteiger partial charge in [0.1, 0.15) is 6.10 Å². The van der Waals surface area contributed by atoms with Crippen molar-refractivity contribution < 1.29 is 14.6 Å². The molecule has 0 spiro atoms. The van der Waals surface area contributed by atoms with Crippen LogP contribution in [0.15, 0.2) is 84.9 Å². The second-order valence-electron chi connectivity index (χ2n) is 9.56. The van der Waals surface area contributed by atoms with Crippen LogP contribution in [0.1, 0.15) is 31.4 Å². The molecule has 2 atom stereocenters. The molecule has 1 aliphatic rings. The first-order valence-corrected chi connectivity index (χ1v) is 12.8. The van der Waals surface area contributed by atoms with Gasteiger partial charge in [-0.25, -0.2) is 4.79 Å². The van der Waals surface area contributed by atoms with E-state index in [4.69, 9.17) is 4.74 Å². The van der Waals surface area contributed by atoms with Crippen molar-refractivity contribution in [2.24, 2.45) is 0 Å². The van der Waals surface area contributed by atoms with Gasteiger partial charge in [0.15, 0.2) is 0 Å². The van der Waals surface area contributed by atoms with Gasteiger partial charge < -0.3 is 14.7 Å². The third-order valence-corrected chi connectivity index (χ3v) is 7.12. The van der Waals surface area contributed by atoms with Gasteiger partial charge in [0.25, 0.3) is 0 Å². The van der Waals surface area contributed by atoms with Crippen LogP contribution in [0.2, 0.25) is 0 Å². The molecule has 0 radical (unpaired) electrons. The van der Waals surface area contributed by atoms with Gasteiger partial charge in [0.2, 0.25) is 0 Å². The van der Waals surface area contributed by atoms with Crippen molar-refractivity contribution in [1.29, 1.82) is 0 Å². The minimum Gasteiger partial charge on any atom is -0.446 e. The number of likely N-dealkylation sites (N-methyl/N-ethyl adjacent to an activating group) is 1. The predicted octanol–water partition coefficient (Wildman–Crippen LogP) is 5.42. The Morgan fingerprint density at radius 3 is 2.31 bits per heavy atom. The fourth-order valence-electron chi connectivity index (χ4n) is 4.68. The molecule has 1 aliphatic heterocycles. The lowest BCUT2D eigenvalue weighted by Gasteiger charge is -2.34. The van der Waals surface area contributed by atoms with Gasteiger partial charge in [0.05, 0.1) is 11.8 Å². The van der Waals surface area contributed by atoms with E-state index in [1.807, 2.05) is 84.9 Å². The zero-order valence-electron chi connectivity index (χ0n) is 21.2. The van der Waals surface area contributed by atoms with Gasteiger partial charge in [-0.3, -0.25) is 10.2 Å². The highest BCUT2D eigenvalue weighted by Gasteiger charge is 2.24. The first-order chi connectivity index (χ1) is 17.5. The largest absolute Gasteiger partial charge is 0.446 e. The van der Waals surface area contributed by atoms with E-state index in [2.05, 4.69) is 29.1 Å². The van der Waals surface area contributed by atoms with Crippen molar-refractivity contribution in [3.05, 3.63) is 90.5 Å². The van der Waals surface area contributed by atoms with Crippen LogP contribution in [-0.4, -0.2) is 66.4 Å². The Morgan fingerprint density at radius 2 is 1.61 bits per heavy atom. The number of carbonyl (C=O) groups excluding carboxylic acids is 1. The van der Waals surface area contributed by atoms with Crippen LogP contribution in [0.25, 0.3) is 11.1 Å². The van der Waals surface area contributed by atoms with E-state index in [1.165, 1.54) is 0 Å². The Labute approximate surface area is 214 Å². The summed E-state index contributed by atoms with van der Waals surface area (Å²) < 4.78 is 5.76. The average Bonchev–Trinajstić information content (AvgIpc) is 2.93. The molecule has 1 fully saturated rings. The Balaban J connectivity index is 1.20. The van der Waals surface area contributed by atoms with Crippen molar-refractivity contribution in [2.75, 3.05) is 38.5 Å². The molecular formula is C30H37N3O3. The van der Waals surface area contributed by atoms with Gasteiger partial charge in [0, 0.05) is 37.8 Å². The quantitative estimate of drug-likeness (QED) is 0.422. The first kappa shape index (κ1) is 25.9. The lowest BCUT2D eigenvalue weighted by molar-refractivity contribution is 0.0443. The van der Waals surface area contributed by atoms with Crippen molar-refractivity contribution in [3.8, 4) is 11.1 Å². The smallest absolute Gasteiger partial charge is 0.411 e. The number of anilines is 1. The van der Waals surface area contributed by atoms with Crippen LogP contribution >= 0.6 is 0 Å². The zero-order valence-corrected chi connectivity index (χ0v) is 21.2. The number of aliphatic hydroxyl groups is 1. The lowest BCUT2D eigenvalue weighted by atomic mass is 10.0. The molecule has 1 saturated heterocycles. The molecule has 0 aliphatic carbocycles. The normalized spacial score (nSPS) is 16.4. The summed E-state index contributed by atoms with van der Waals surface area (Å²) in [6, 6.07) is 27.6. The van der Waals surface area contributed by atoms with Crippen molar-refractivity contribution >= 4 is 11.8 Å². The van der Waals surface area contributed by atoms with Crippen LogP contribution in [0.4, 0.5) is 10.5 Å². The topological polar surface area (TPSA) is 65.0 Å². The highest BCUT2D eigenvalue weighted by molar-refractivity contribution is 5.91. The predicted molar refractivity (Wildman–Crippen MR) is 145 cm³/mol. The number of hydrogen-bond acceptors (Lipinski definition) is 5. The molecule has 2 N–H and O–H groups in total. The molecule has 1 amide bonds. The average molecular weight is 488 g/mol. The Bertz CT molecular complexity index is 1080. The summed E-state index contributed by atoms with van der Waals surface area (Å²) in [5.74, 6) is 0. The standard InChI is InChI=1S/C30H37N3O3/c1-23(29(34)25-13-7-4-8-14-25)32(2)21-22-33-19-17-26(18-20-33)36-30(35)31-28-16-10-9-15-27(28)24-11-5-3-6-12-24/h3-16,23,26,29,34H,17-22H2,1-2H3,(H,31,35)/t23-,29+/m1/s1. The Kier molecular flexibility index (Phi) is 9.11. The van der Waals surface area contributed by atoms with E-state index in [0.29, 0.717) is 0 Å². The molecule has 6 nitrogen and oxygen atoms in total. The summed E-state index contributed by atoms with van der Waals surface area (Å²) in [6.07, 6.45) is 0.641. The van der Waals surface area contributed by atoms with Crippen LogP contribution in [-0.2, 0) is 4.74 Å². The minimum atomic E-state index is -0.513. The third-order valence-electron chi connectivity index (χ3n) is 7.12. The first-order valence-electron chi connectivity index (χ1n) is 12.8. The van der Waals surface area contributed by atoms with E-state index >= 15 is 0 Å². The van der Waals surface area contributed by atoms with E-state index in [0.717, 1.165) is 61.4 Å². The summed E-state index contributed by atoms with van der Waals surface area (Å²) in [6.45, 7) is 5.63. The molecule has 4 rings (SSSR count). The summed E-state index contributed by atoms with van der Waals surface area (Å²) >= 11 is 0. The second-order valence-corrected chi connectivity index (χ2v) is 9.56. The fraction of sp³-hybridized carbons (Fsp3) is 0.367. The van der Waals surface area contributed by atoms with E-state index in [1.54, 1.807) is 0 Å². The molecule has 3 aromatic rings. The number of rotatable bonds is 9. The molecule has 1 heterocycles. The van der Waals surface area contributed by atoms with Crippen LogP contribution < -0.4 is 5.32 Å². The van der Waals surface area contributed by atoms with Crippen molar-refractivity contribution in [2.45, 2.75) is 38.0 Å². The number of carbonyl (C=O) groups is 1. The SMILES string of the molecule is C[C@H]([C@H](O)c1ccccc1)N(C)CCN1CCC(OC(=O)Nc2ccccc2-c2ccccc2)CC1. The summed E-state index contributed by atoms with van der Waals surface area (Å²) in [4.78, 5) is 17.2. The number of ether oxygens (including phenoxy) is 1. The molecule has 0 bridgehead atoms. The molecule has 0 unspecified atom stereocenters.